The molecule has 0 spiro atoms. The van der Waals surface area contributed by atoms with Gasteiger partial charge in [-0.1, -0.05) is 27.7 Å². The monoisotopic (exact) mass is 285 g/mol. The molecule has 3 atom stereocenters. The van der Waals surface area contributed by atoms with Crippen LogP contribution in [0.15, 0.2) is 0 Å². The van der Waals surface area contributed by atoms with Crippen LogP contribution in [0.2, 0.25) is 0 Å². The van der Waals surface area contributed by atoms with Crippen LogP contribution in [0.1, 0.15) is 47.0 Å². The van der Waals surface area contributed by atoms with Crippen molar-refractivity contribution in [1.29, 1.82) is 0 Å². The van der Waals surface area contributed by atoms with Crippen molar-refractivity contribution in [3.63, 3.8) is 0 Å². The van der Waals surface area contributed by atoms with Gasteiger partial charge in [0.2, 0.25) is 5.91 Å². The van der Waals surface area contributed by atoms with Gasteiger partial charge in [-0.3, -0.25) is 9.59 Å². The van der Waals surface area contributed by atoms with Crippen molar-refractivity contribution >= 4 is 11.9 Å². The molecule has 1 heterocycles. The highest BCUT2D eigenvalue weighted by Gasteiger charge is 2.28. The van der Waals surface area contributed by atoms with Crippen molar-refractivity contribution in [3.8, 4) is 0 Å². The zero-order chi connectivity index (χ0) is 15.3. The van der Waals surface area contributed by atoms with E-state index in [0.717, 1.165) is 25.9 Å². The summed E-state index contributed by atoms with van der Waals surface area (Å²) in [5, 5.41) is 11.7. The Hall–Kier alpha value is -1.10. The quantitative estimate of drug-likeness (QED) is 0.783. The molecule has 1 amide bonds. The molecule has 0 aromatic heterocycles. The summed E-state index contributed by atoms with van der Waals surface area (Å²) in [4.78, 5) is 22.6. The summed E-state index contributed by atoms with van der Waals surface area (Å²) in [6, 6.07) is 0. The third-order valence-electron chi connectivity index (χ3n) is 4.17. The molecule has 5 heteroatoms. The predicted molar refractivity (Wildman–Crippen MR) is 76.3 cm³/mol. The van der Waals surface area contributed by atoms with Crippen LogP contribution in [-0.4, -0.2) is 36.2 Å². The van der Waals surface area contributed by atoms with Gasteiger partial charge in [-0.15, -0.1) is 0 Å². The third-order valence-corrected chi connectivity index (χ3v) is 4.17. The van der Waals surface area contributed by atoms with E-state index in [9.17, 15) is 9.59 Å². The maximum atomic E-state index is 11.8. The molecular formula is C15H27NO4. The molecule has 1 saturated heterocycles. The van der Waals surface area contributed by atoms with Gasteiger partial charge in [-0.2, -0.15) is 0 Å². The molecule has 1 aliphatic rings. The molecule has 0 radical (unpaired) electrons. The number of carbonyl (C=O) groups is 2. The molecule has 1 rings (SSSR count). The summed E-state index contributed by atoms with van der Waals surface area (Å²) in [5.41, 5.74) is 0.255. The van der Waals surface area contributed by atoms with Crippen molar-refractivity contribution < 1.29 is 19.4 Å². The Bertz CT molecular complexity index is 344. The van der Waals surface area contributed by atoms with Gasteiger partial charge in [0.15, 0.2) is 0 Å². The second kappa shape index (κ2) is 7.07. The summed E-state index contributed by atoms with van der Waals surface area (Å²) >= 11 is 0. The molecule has 2 N–H and O–H groups in total. The minimum atomic E-state index is -0.939. The van der Waals surface area contributed by atoms with Crippen molar-refractivity contribution in [1.82, 2.24) is 5.32 Å². The van der Waals surface area contributed by atoms with Crippen LogP contribution in [0, 0.1) is 17.3 Å². The number of carboxylic acid groups (broad SMARTS) is 1. The minimum absolute atomic E-state index is 0.198. The number of carbonyl (C=O) groups excluding carboxylic acids is 1. The van der Waals surface area contributed by atoms with E-state index < -0.39 is 17.8 Å². The van der Waals surface area contributed by atoms with Gasteiger partial charge in [0.25, 0.3) is 0 Å². The van der Waals surface area contributed by atoms with Gasteiger partial charge in [-0.25, -0.2) is 0 Å². The number of hydrogen-bond acceptors (Lipinski definition) is 3. The highest BCUT2D eigenvalue weighted by atomic mass is 16.5. The number of nitrogens with one attached hydrogen (secondary N) is 1. The first-order chi connectivity index (χ1) is 9.23. The second-order valence-corrected chi connectivity index (χ2v) is 6.63. The molecule has 0 saturated carbocycles. The molecule has 0 aliphatic carbocycles. The van der Waals surface area contributed by atoms with Crippen molar-refractivity contribution in [2.45, 2.75) is 53.1 Å². The fourth-order valence-electron chi connectivity index (χ4n) is 2.24. The van der Waals surface area contributed by atoms with E-state index in [-0.39, 0.29) is 17.4 Å². The summed E-state index contributed by atoms with van der Waals surface area (Å²) in [7, 11) is 0. The maximum absolute atomic E-state index is 11.8. The Morgan fingerprint density at radius 2 is 2.00 bits per heavy atom. The van der Waals surface area contributed by atoms with Gasteiger partial charge in [0, 0.05) is 12.5 Å². The molecule has 3 unspecified atom stereocenters. The lowest BCUT2D eigenvalue weighted by Crippen LogP contribution is -2.38. The fourth-order valence-corrected chi connectivity index (χ4v) is 2.24. The maximum Gasteiger partial charge on any atom is 0.307 e. The molecule has 116 valence electrons. The molecule has 0 aromatic carbocycles. The van der Waals surface area contributed by atoms with Crippen molar-refractivity contribution in [2.75, 3.05) is 13.2 Å². The second-order valence-electron chi connectivity index (χ2n) is 6.63. The van der Waals surface area contributed by atoms with E-state index in [1.807, 2.05) is 0 Å². The summed E-state index contributed by atoms with van der Waals surface area (Å²) in [6.45, 7) is 8.89. The highest BCUT2D eigenvalue weighted by molar-refractivity contribution is 5.84. The number of aliphatic carboxylic acids is 1. The van der Waals surface area contributed by atoms with Crippen LogP contribution in [0.4, 0.5) is 0 Å². The fraction of sp³-hybridized carbons (Fsp3) is 0.867. The smallest absolute Gasteiger partial charge is 0.307 e. The normalized spacial score (nSPS) is 24.7. The lowest BCUT2D eigenvalue weighted by molar-refractivity contribution is -0.146. The molecule has 20 heavy (non-hydrogen) atoms. The first-order valence-corrected chi connectivity index (χ1v) is 7.35. The molecule has 0 aromatic rings. The van der Waals surface area contributed by atoms with Gasteiger partial charge >= 0.3 is 5.97 Å². The van der Waals surface area contributed by atoms with Gasteiger partial charge in [0.1, 0.15) is 0 Å². The topological polar surface area (TPSA) is 75.6 Å². The van der Waals surface area contributed by atoms with Crippen LogP contribution in [0.25, 0.3) is 0 Å². The number of rotatable bonds is 6. The Morgan fingerprint density at radius 3 is 2.50 bits per heavy atom. The van der Waals surface area contributed by atoms with Crippen molar-refractivity contribution in [3.05, 3.63) is 0 Å². The molecule has 5 nitrogen and oxygen atoms in total. The van der Waals surface area contributed by atoms with Crippen LogP contribution >= 0.6 is 0 Å². The summed E-state index contributed by atoms with van der Waals surface area (Å²) < 4.78 is 5.78. The van der Waals surface area contributed by atoms with Gasteiger partial charge in [0.05, 0.1) is 18.6 Å². The highest BCUT2D eigenvalue weighted by Crippen LogP contribution is 2.30. The van der Waals surface area contributed by atoms with Crippen LogP contribution in [0.3, 0.4) is 0 Å². The van der Waals surface area contributed by atoms with E-state index >= 15 is 0 Å². The largest absolute Gasteiger partial charge is 0.481 e. The average molecular weight is 285 g/mol. The zero-order valence-corrected chi connectivity index (χ0v) is 12.9. The summed E-state index contributed by atoms with van der Waals surface area (Å²) in [6.07, 6.45) is 3.15. The zero-order valence-electron chi connectivity index (χ0n) is 12.9. The van der Waals surface area contributed by atoms with Gasteiger partial charge < -0.3 is 15.2 Å². The van der Waals surface area contributed by atoms with E-state index in [1.165, 1.54) is 0 Å². The Morgan fingerprint density at radius 1 is 1.35 bits per heavy atom. The lowest BCUT2D eigenvalue weighted by atomic mass is 9.85. The van der Waals surface area contributed by atoms with Gasteiger partial charge in [-0.05, 0) is 24.7 Å². The van der Waals surface area contributed by atoms with Crippen molar-refractivity contribution in [2.24, 2.45) is 17.3 Å². The SMILES string of the molecule is CC(C(=O)O)C(C)C(=O)NCCC1CCC(C)(C)CO1. The van der Waals surface area contributed by atoms with E-state index in [4.69, 9.17) is 9.84 Å². The van der Waals surface area contributed by atoms with Crippen LogP contribution in [-0.2, 0) is 14.3 Å². The van der Waals surface area contributed by atoms with Crippen LogP contribution < -0.4 is 5.32 Å². The van der Waals surface area contributed by atoms with E-state index in [0.29, 0.717) is 6.54 Å². The third kappa shape index (κ3) is 5.12. The number of ether oxygens (including phenoxy) is 1. The standard InChI is InChI=1S/C15H27NO4/c1-10(11(2)14(18)19)13(17)16-8-6-12-5-7-15(3,4)9-20-12/h10-12H,5-9H2,1-4H3,(H,16,17)(H,18,19). The first kappa shape index (κ1) is 17.0. The number of amides is 1. The average Bonchev–Trinajstić information content (AvgIpc) is 2.38. The molecule has 1 aliphatic heterocycles. The number of hydrogen-bond donors (Lipinski definition) is 2. The van der Waals surface area contributed by atoms with E-state index in [2.05, 4.69) is 19.2 Å². The lowest BCUT2D eigenvalue weighted by Gasteiger charge is -2.34. The predicted octanol–water partition coefficient (Wildman–Crippen LogP) is 2.05. The first-order valence-electron chi connectivity index (χ1n) is 7.35. The number of carboxylic acids is 1. The molecule has 0 bridgehead atoms. The molecule has 1 fully saturated rings. The van der Waals surface area contributed by atoms with Crippen LogP contribution in [0.5, 0.6) is 0 Å². The summed E-state index contributed by atoms with van der Waals surface area (Å²) in [5.74, 6) is -2.32. The molecular weight excluding hydrogens is 258 g/mol. The Labute approximate surface area is 121 Å². The Kier molecular flexibility index (Phi) is 5.99. The van der Waals surface area contributed by atoms with E-state index in [1.54, 1.807) is 13.8 Å². The minimum Gasteiger partial charge on any atom is -0.481 e. The Balaban J connectivity index is 2.24.